The number of anilines is 2. The molecule has 1 aliphatic rings. The van der Waals surface area contributed by atoms with Gasteiger partial charge in [0, 0.05) is 18.4 Å². The Morgan fingerprint density at radius 2 is 1.74 bits per heavy atom. The fourth-order valence-corrected chi connectivity index (χ4v) is 2.89. The van der Waals surface area contributed by atoms with Crippen LogP contribution in [0.1, 0.15) is 42.1 Å². The van der Waals surface area contributed by atoms with Crippen LogP contribution < -0.4 is 15.0 Å². The van der Waals surface area contributed by atoms with E-state index in [1.165, 1.54) is 4.90 Å². The summed E-state index contributed by atoms with van der Waals surface area (Å²) in [6.45, 7) is 4.55. The number of aryl methyl sites for hydroxylation is 1. The molecular weight excluding hydrogens is 344 g/mol. The Labute approximate surface area is 158 Å². The van der Waals surface area contributed by atoms with Crippen molar-refractivity contribution >= 4 is 29.1 Å². The van der Waals surface area contributed by atoms with E-state index in [0.717, 1.165) is 12.0 Å². The molecule has 0 spiro atoms. The molecule has 27 heavy (non-hydrogen) atoms. The first kappa shape index (κ1) is 18.6. The normalized spacial score (nSPS) is 13.8. The van der Waals surface area contributed by atoms with Crippen molar-refractivity contribution < 1.29 is 19.1 Å². The predicted molar refractivity (Wildman–Crippen MR) is 103 cm³/mol. The first-order chi connectivity index (χ1) is 13.0. The van der Waals surface area contributed by atoms with Crippen molar-refractivity contribution in [3.63, 3.8) is 0 Å². The molecule has 2 aromatic carbocycles. The van der Waals surface area contributed by atoms with Crippen LogP contribution >= 0.6 is 0 Å². The molecule has 1 saturated heterocycles. The van der Waals surface area contributed by atoms with E-state index in [2.05, 4.69) is 5.32 Å². The lowest BCUT2D eigenvalue weighted by atomic mass is 10.1. The number of nitrogens with one attached hydrogen (secondary N) is 1. The number of nitrogens with zero attached hydrogens (tertiary/aromatic N) is 1. The average molecular weight is 366 g/mol. The zero-order chi connectivity index (χ0) is 19.4. The van der Waals surface area contributed by atoms with Gasteiger partial charge in [-0.1, -0.05) is 13.0 Å². The van der Waals surface area contributed by atoms with Gasteiger partial charge in [-0.2, -0.15) is 0 Å². The lowest BCUT2D eigenvalue weighted by molar-refractivity contribution is -0.121. The number of carbonyl (C=O) groups excluding carboxylic acids is 3. The van der Waals surface area contributed by atoms with Crippen LogP contribution in [0.15, 0.2) is 42.5 Å². The highest BCUT2D eigenvalue weighted by Crippen LogP contribution is 2.27. The molecule has 0 aliphatic carbocycles. The van der Waals surface area contributed by atoms with Gasteiger partial charge in [-0.3, -0.25) is 19.3 Å². The summed E-state index contributed by atoms with van der Waals surface area (Å²) in [5, 5.41) is 2.86. The monoisotopic (exact) mass is 366 g/mol. The molecule has 0 saturated carbocycles. The zero-order valence-corrected chi connectivity index (χ0v) is 15.5. The van der Waals surface area contributed by atoms with Gasteiger partial charge < -0.3 is 10.1 Å². The molecule has 2 aromatic rings. The summed E-state index contributed by atoms with van der Waals surface area (Å²) in [6, 6.07) is 12.0. The van der Waals surface area contributed by atoms with Crippen LogP contribution in [-0.4, -0.2) is 24.3 Å². The van der Waals surface area contributed by atoms with Crippen molar-refractivity contribution in [2.75, 3.05) is 16.8 Å². The van der Waals surface area contributed by atoms with Gasteiger partial charge >= 0.3 is 0 Å². The van der Waals surface area contributed by atoms with Crippen LogP contribution in [-0.2, 0) is 9.59 Å². The minimum absolute atomic E-state index is 0.213. The molecule has 1 fully saturated rings. The number of ether oxygens (including phenoxy) is 1. The number of rotatable bonds is 6. The Morgan fingerprint density at radius 3 is 2.37 bits per heavy atom. The fourth-order valence-electron chi connectivity index (χ4n) is 2.89. The lowest BCUT2D eigenvalue weighted by Gasteiger charge is -2.15. The van der Waals surface area contributed by atoms with Gasteiger partial charge in [0.05, 0.1) is 18.0 Å². The van der Waals surface area contributed by atoms with Crippen LogP contribution in [0.3, 0.4) is 0 Å². The first-order valence-corrected chi connectivity index (χ1v) is 9.00. The maximum Gasteiger partial charge on any atom is 0.255 e. The Hall–Kier alpha value is -3.15. The summed E-state index contributed by atoms with van der Waals surface area (Å²) >= 11 is 0. The van der Waals surface area contributed by atoms with Gasteiger partial charge in [-0.05, 0) is 55.3 Å². The second kappa shape index (κ2) is 8.03. The Morgan fingerprint density at radius 1 is 1.07 bits per heavy atom. The number of hydrogen-bond acceptors (Lipinski definition) is 4. The van der Waals surface area contributed by atoms with Crippen LogP contribution in [0.4, 0.5) is 11.4 Å². The van der Waals surface area contributed by atoms with E-state index in [-0.39, 0.29) is 30.6 Å². The van der Waals surface area contributed by atoms with Crippen molar-refractivity contribution in [3.05, 3.63) is 53.6 Å². The summed E-state index contributed by atoms with van der Waals surface area (Å²) in [5.41, 5.74) is 2.57. The Bertz CT molecular complexity index is 858. The van der Waals surface area contributed by atoms with Crippen LogP contribution in [0.25, 0.3) is 0 Å². The molecule has 0 radical (unpaired) electrons. The van der Waals surface area contributed by atoms with Crippen LogP contribution in [0.5, 0.6) is 5.75 Å². The minimum atomic E-state index is -0.286. The van der Waals surface area contributed by atoms with E-state index >= 15 is 0 Å². The van der Waals surface area contributed by atoms with Crippen LogP contribution in [0, 0.1) is 6.92 Å². The molecule has 0 atom stereocenters. The lowest BCUT2D eigenvalue weighted by Crippen LogP contribution is -2.28. The van der Waals surface area contributed by atoms with Crippen molar-refractivity contribution in [2.45, 2.75) is 33.1 Å². The number of carbonyl (C=O) groups is 3. The first-order valence-electron chi connectivity index (χ1n) is 9.00. The Kier molecular flexibility index (Phi) is 5.54. The van der Waals surface area contributed by atoms with Crippen molar-refractivity contribution in [2.24, 2.45) is 0 Å². The second-order valence-electron chi connectivity index (χ2n) is 6.47. The van der Waals surface area contributed by atoms with E-state index in [0.29, 0.717) is 29.3 Å². The average Bonchev–Trinajstić information content (AvgIpc) is 3.00. The highest BCUT2D eigenvalue weighted by atomic mass is 16.5. The molecule has 3 rings (SSSR count). The number of benzene rings is 2. The number of amides is 3. The van der Waals surface area contributed by atoms with E-state index in [4.69, 9.17) is 4.74 Å². The van der Waals surface area contributed by atoms with E-state index in [1.54, 1.807) is 24.3 Å². The maximum absolute atomic E-state index is 12.6. The molecule has 0 unspecified atom stereocenters. The molecule has 6 heteroatoms. The molecule has 1 heterocycles. The third-order valence-corrected chi connectivity index (χ3v) is 4.29. The fraction of sp³-hybridized carbons (Fsp3) is 0.286. The molecule has 6 nitrogen and oxygen atoms in total. The van der Waals surface area contributed by atoms with Gasteiger partial charge in [0.25, 0.3) is 5.91 Å². The van der Waals surface area contributed by atoms with Gasteiger partial charge in [0.2, 0.25) is 11.8 Å². The number of hydrogen-bond donors (Lipinski definition) is 1. The molecule has 1 N–H and O–H groups in total. The minimum Gasteiger partial charge on any atom is -0.491 e. The summed E-state index contributed by atoms with van der Waals surface area (Å²) < 4.78 is 5.72. The maximum atomic E-state index is 12.6. The van der Waals surface area contributed by atoms with Gasteiger partial charge in [0.15, 0.2) is 0 Å². The largest absolute Gasteiger partial charge is 0.491 e. The highest BCUT2D eigenvalue weighted by Gasteiger charge is 2.30. The summed E-state index contributed by atoms with van der Waals surface area (Å²) in [5.74, 6) is -0.0787. The quantitative estimate of drug-likeness (QED) is 0.791. The van der Waals surface area contributed by atoms with Gasteiger partial charge in [-0.25, -0.2) is 0 Å². The summed E-state index contributed by atoms with van der Waals surface area (Å²) in [6.07, 6.45) is 1.33. The smallest absolute Gasteiger partial charge is 0.255 e. The van der Waals surface area contributed by atoms with E-state index in [1.807, 2.05) is 32.0 Å². The molecule has 3 amide bonds. The van der Waals surface area contributed by atoms with E-state index < -0.39 is 0 Å². The third-order valence-electron chi connectivity index (χ3n) is 4.29. The van der Waals surface area contributed by atoms with Crippen molar-refractivity contribution in [3.8, 4) is 5.75 Å². The Balaban J connectivity index is 1.75. The zero-order valence-electron chi connectivity index (χ0n) is 15.5. The third kappa shape index (κ3) is 4.16. The van der Waals surface area contributed by atoms with Crippen molar-refractivity contribution in [1.82, 2.24) is 0 Å². The second-order valence-corrected chi connectivity index (χ2v) is 6.47. The molecule has 1 aliphatic heterocycles. The molecular formula is C21H22N2O4. The van der Waals surface area contributed by atoms with E-state index in [9.17, 15) is 14.4 Å². The van der Waals surface area contributed by atoms with Crippen LogP contribution in [0.2, 0.25) is 0 Å². The molecule has 0 bridgehead atoms. The highest BCUT2D eigenvalue weighted by molar-refractivity contribution is 6.20. The summed E-state index contributed by atoms with van der Waals surface area (Å²) in [4.78, 5) is 37.4. The van der Waals surface area contributed by atoms with Crippen molar-refractivity contribution in [1.29, 1.82) is 0 Å². The molecule has 0 aromatic heterocycles. The topological polar surface area (TPSA) is 75.7 Å². The predicted octanol–water partition coefficient (Wildman–Crippen LogP) is 3.69. The summed E-state index contributed by atoms with van der Waals surface area (Å²) in [7, 11) is 0. The van der Waals surface area contributed by atoms with Gasteiger partial charge in [-0.15, -0.1) is 0 Å². The SMILES string of the molecule is CCCOc1cc(C)ccc1NC(=O)c1ccc(N2C(=O)CCC2=O)cc1. The standard InChI is InChI=1S/C21H22N2O4/c1-3-12-27-18-13-14(2)4-9-17(18)22-21(26)15-5-7-16(8-6-15)23-19(24)10-11-20(23)25/h4-9,13H,3,10-12H2,1-2H3,(H,22,26). The van der Waals surface area contributed by atoms with Gasteiger partial charge in [0.1, 0.15) is 5.75 Å². The molecule has 140 valence electrons. The number of imide groups is 1.